The molecule has 55 heavy (non-hydrogen) atoms. The minimum atomic E-state index is -1.04. The van der Waals surface area contributed by atoms with Gasteiger partial charge in [0, 0.05) is 11.1 Å². The van der Waals surface area contributed by atoms with E-state index in [1.165, 1.54) is 0 Å². The molecule has 284 valence electrons. The van der Waals surface area contributed by atoms with Crippen molar-refractivity contribution >= 4 is 0 Å². The van der Waals surface area contributed by atoms with Crippen molar-refractivity contribution < 1.29 is 23.7 Å². The molecule has 0 heterocycles. The maximum absolute atomic E-state index is 8.31. The van der Waals surface area contributed by atoms with Gasteiger partial charge in [-0.2, -0.15) is 0 Å². The summed E-state index contributed by atoms with van der Waals surface area (Å²) in [6, 6.07) is 53.2. The van der Waals surface area contributed by atoms with E-state index in [-0.39, 0.29) is 11.8 Å². The minimum Gasteiger partial charge on any atom is -0.490 e. The summed E-state index contributed by atoms with van der Waals surface area (Å²) in [4.78, 5) is 0. The molecule has 6 aromatic carbocycles. The van der Waals surface area contributed by atoms with Crippen LogP contribution in [0.4, 0.5) is 0 Å². The van der Waals surface area contributed by atoms with Crippen LogP contribution in [0.2, 0.25) is 0 Å². The molecular formula is C50H54O5. The van der Waals surface area contributed by atoms with E-state index in [1.54, 1.807) is 0 Å². The van der Waals surface area contributed by atoms with Crippen molar-refractivity contribution in [3.8, 4) is 34.5 Å². The molecule has 6 aromatic rings. The van der Waals surface area contributed by atoms with Crippen molar-refractivity contribution in [3.05, 3.63) is 180 Å². The van der Waals surface area contributed by atoms with Crippen LogP contribution in [0, 0.1) is 11.8 Å². The zero-order valence-electron chi connectivity index (χ0n) is 33.0. The van der Waals surface area contributed by atoms with Crippen LogP contribution < -0.4 is 18.9 Å². The molecule has 0 aromatic heterocycles. The second-order valence-electron chi connectivity index (χ2n) is 14.6. The summed E-state index contributed by atoms with van der Waals surface area (Å²) in [5.74, 6) is 4.42. The normalized spacial score (nSPS) is 13.5. The minimum absolute atomic E-state index is 0.208. The van der Waals surface area contributed by atoms with E-state index in [0.717, 1.165) is 33.8 Å². The Bertz CT molecular complexity index is 1910. The number of ether oxygens (including phenoxy) is 5. The van der Waals surface area contributed by atoms with Crippen LogP contribution in [0.1, 0.15) is 76.6 Å². The molecule has 0 radical (unpaired) electrons. The molecule has 0 fully saturated rings. The molecular weight excluding hydrogens is 681 g/mol. The SMILES string of the molecule is CCOc1c(Oc2ccccc2)cccc1C(CC(C)C)(OC(CC(C)C)(c1ccccc1)c1cccc(Oc2ccccc2)c1OCC)c1ccccc1. The first-order valence-electron chi connectivity index (χ1n) is 19.6. The summed E-state index contributed by atoms with van der Waals surface area (Å²) in [6.07, 6.45) is 1.28. The largest absolute Gasteiger partial charge is 0.490 e. The topological polar surface area (TPSA) is 46.2 Å². The summed E-state index contributed by atoms with van der Waals surface area (Å²) in [7, 11) is 0. The number of benzene rings is 6. The fraction of sp³-hybridized carbons (Fsp3) is 0.280. The number of rotatable bonds is 18. The van der Waals surface area contributed by atoms with Gasteiger partial charge in [0.25, 0.3) is 0 Å². The Morgan fingerprint density at radius 3 is 1.09 bits per heavy atom. The van der Waals surface area contributed by atoms with Gasteiger partial charge in [-0.15, -0.1) is 0 Å². The maximum Gasteiger partial charge on any atom is 0.169 e. The zero-order chi connectivity index (χ0) is 38.7. The van der Waals surface area contributed by atoms with Crippen LogP contribution in [0.25, 0.3) is 0 Å². The van der Waals surface area contributed by atoms with Crippen LogP contribution in [0.15, 0.2) is 158 Å². The molecule has 6 rings (SSSR count). The Morgan fingerprint density at radius 1 is 0.418 bits per heavy atom. The molecule has 0 spiro atoms. The lowest BCUT2D eigenvalue weighted by Crippen LogP contribution is -2.45. The summed E-state index contributed by atoms with van der Waals surface area (Å²) in [6.45, 7) is 13.9. The monoisotopic (exact) mass is 734 g/mol. The second kappa shape index (κ2) is 18.2. The fourth-order valence-electron chi connectivity index (χ4n) is 7.59. The lowest BCUT2D eigenvalue weighted by atomic mass is 9.74. The third-order valence-electron chi connectivity index (χ3n) is 9.57. The first-order valence-corrected chi connectivity index (χ1v) is 19.6. The van der Waals surface area contributed by atoms with Gasteiger partial charge in [-0.1, -0.05) is 149 Å². The van der Waals surface area contributed by atoms with Crippen molar-refractivity contribution in [3.63, 3.8) is 0 Å². The van der Waals surface area contributed by atoms with E-state index in [9.17, 15) is 0 Å². The maximum atomic E-state index is 8.31. The Morgan fingerprint density at radius 2 is 0.764 bits per heavy atom. The predicted octanol–water partition coefficient (Wildman–Crippen LogP) is 13.4. The molecule has 0 aliphatic carbocycles. The molecule has 0 aliphatic heterocycles. The molecule has 2 atom stereocenters. The average molecular weight is 735 g/mol. The first-order chi connectivity index (χ1) is 26.8. The Kier molecular flexibility index (Phi) is 13.0. The zero-order valence-corrected chi connectivity index (χ0v) is 33.0. The van der Waals surface area contributed by atoms with Crippen molar-refractivity contribution in [1.29, 1.82) is 0 Å². The highest BCUT2D eigenvalue weighted by molar-refractivity contribution is 5.57. The number of para-hydroxylation sites is 4. The highest BCUT2D eigenvalue weighted by Gasteiger charge is 2.50. The third kappa shape index (κ3) is 8.90. The Balaban J connectivity index is 1.70. The van der Waals surface area contributed by atoms with Gasteiger partial charge in [0.1, 0.15) is 22.7 Å². The fourth-order valence-corrected chi connectivity index (χ4v) is 7.59. The van der Waals surface area contributed by atoms with Crippen LogP contribution in [0.3, 0.4) is 0 Å². The highest BCUT2D eigenvalue weighted by Crippen LogP contribution is 2.56. The predicted molar refractivity (Wildman–Crippen MR) is 223 cm³/mol. The summed E-state index contributed by atoms with van der Waals surface area (Å²) in [5, 5.41) is 0. The smallest absolute Gasteiger partial charge is 0.169 e. The van der Waals surface area contributed by atoms with Crippen LogP contribution in [-0.2, 0) is 15.9 Å². The van der Waals surface area contributed by atoms with Crippen LogP contribution >= 0.6 is 0 Å². The molecule has 0 aliphatic rings. The molecule has 0 N–H and O–H groups in total. The molecule has 5 nitrogen and oxygen atoms in total. The van der Waals surface area contributed by atoms with Crippen LogP contribution in [0.5, 0.6) is 34.5 Å². The number of hydrogen-bond acceptors (Lipinski definition) is 5. The summed E-state index contributed by atoms with van der Waals surface area (Å²) in [5.41, 5.74) is 1.73. The van der Waals surface area contributed by atoms with Gasteiger partial charge < -0.3 is 23.7 Å². The van der Waals surface area contributed by atoms with Gasteiger partial charge in [-0.05, 0) is 86.1 Å². The molecule has 2 unspecified atom stereocenters. The molecule has 5 heteroatoms. The molecule has 0 saturated carbocycles. The Labute approximate surface area is 327 Å². The van der Waals surface area contributed by atoms with Gasteiger partial charge in [0.15, 0.2) is 23.0 Å². The van der Waals surface area contributed by atoms with Gasteiger partial charge in [-0.3, -0.25) is 0 Å². The van der Waals surface area contributed by atoms with Gasteiger partial charge in [0.2, 0.25) is 0 Å². The van der Waals surface area contributed by atoms with Crippen molar-refractivity contribution in [1.82, 2.24) is 0 Å². The highest BCUT2D eigenvalue weighted by atomic mass is 16.5. The average Bonchev–Trinajstić information content (AvgIpc) is 3.20. The lowest BCUT2D eigenvalue weighted by Gasteiger charge is -2.48. The van der Waals surface area contributed by atoms with Crippen molar-refractivity contribution in [2.45, 2.75) is 65.6 Å². The molecule has 0 saturated heterocycles. The second-order valence-corrected chi connectivity index (χ2v) is 14.6. The van der Waals surface area contributed by atoms with Crippen molar-refractivity contribution in [2.75, 3.05) is 13.2 Å². The molecule has 0 bridgehead atoms. The van der Waals surface area contributed by atoms with E-state index in [2.05, 4.69) is 100 Å². The van der Waals surface area contributed by atoms with E-state index >= 15 is 0 Å². The quantitative estimate of drug-likeness (QED) is 0.0880. The standard InChI is InChI=1S/C50H54O5/c1-7-51-47-43(31-21-33-45(47)53-41-27-17-11-18-28-41)49(35-37(3)4,39-23-13-9-14-24-39)55-50(36-38(5)6,40-25-15-10-16-26-40)44-32-22-34-46(48(44)52-8-2)54-42-29-19-12-20-30-42/h9-34,37-38H,7-8,35-36H2,1-6H3. The van der Waals surface area contributed by atoms with Gasteiger partial charge in [-0.25, -0.2) is 0 Å². The first kappa shape index (κ1) is 39.2. The summed E-state index contributed by atoms with van der Waals surface area (Å²) < 4.78 is 34.8. The van der Waals surface area contributed by atoms with E-state index in [1.807, 2.05) is 98.8 Å². The van der Waals surface area contributed by atoms with E-state index in [0.29, 0.717) is 49.1 Å². The van der Waals surface area contributed by atoms with E-state index < -0.39 is 11.2 Å². The lowest BCUT2D eigenvalue weighted by molar-refractivity contribution is -0.144. The third-order valence-corrected chi connectivity index (χ3v) is 9.57. The number of hydrogen-bond donors (Lipinski definition) is 0. The van der Waals surface area contributed by atoms with Crippen molar-refractivity contribution in [2.24, 2.45) is 11.8 Å². The van der Waals surface area contributed by atoms with Gasteiger partial charge in [0.05, 0.1) is 13.2 Å². The molecule has 0 amide bonds. The van der Waals surface area contributed by atoms with Gasteiger partial charge >= 0.3 is 0 Å². The van der Waals surface area contributed by atoms with E-state index in [4.69, 9.17) is 23.7 Å². The Hall–Kier alpha value is -5.52. The van der Waals surface area contributed by atoms with Crippen LogP contribution in [-0.4, -0.2) is 13.2 Å². The summed E-state index contributed by atoms with van der Waals surface area (Å²) >= 11 is 0.